The van der Waals surface area contributed by atoms with Crippen molar-refractivity contribution in [2.45, 2.75) is 62.1 Å². The number of nitrogens with two attached hydrogens (primary N) is 1. The number of halogens is 1. The SMILES string of the molecule is CC(C)S(=O)(=O)c1ccccc1Nc1nc(Nc2cc3c(cc2[OH2+])C(C)(C)C([NH+]=CN)CC3)ncc1Cl. The molecule has 0 fully saturated rings. The topological polar surface area (TPSA) is 147 Å². The molecule has 0 radical (unpaired) electrons. The number of aryl methyl sites for hydroxylation is 1. The van der Waals surface area contributed by atoms with Crippen LogP contribution in [0.1, 0.15) is 45.2 Å². The molecule has 1 aliphatic rings. The standard InChI is InChI=1S/C26H31ClN6O3S/c1-15(2)37(35,36)22-8-6-5-7-19(22)31-24-18(27)13-29-25(33-24)32-20-11-16-9-10-23(30-14-28)26(3,4)17(16)12-21(20)34/h5-8,11-15,23,34H,9-10H2,1-4H3,(H2,28,30)(H2,29,31,32,33)/p+2. The molecule has 2 aromatic carbocycles. The Balaban J connectivity index is 1.65. The van der Waals surface area contributed by atoms with Crippen molar-refractivity contribution in [2.24, 2.45) is 5.73 Å². The molecule has 0 aliphatic heterocycles. The fourth-order valence-corrected chi connectivity index (χ4v) is 5.99. The predicted molar refractivity (Wildman–Crippen MR) is 148 cm³/mol. The minimum Gasteiger partial charge on any atom is -0.592 e. The largest absolute Gasteiger partial charge is 0.592 e. The molecular weight excluding hydrogens is 512 g/mol. The number of benzene rings is 2. The summed E-state index contributed by atoms with van der Waals surface area (Å²) < 4.78 is 25.7. The fourth-order valence-electron chi connectivity index (χ4n) is 4.65. The molecule has 1 aliphatic carbocycles. The predicted octanol–water partition coefficient (Wildman–Crippen LogP) is 2.90. The summed E-state index contributed by atoms with van der Waals surface area (Å²) in [5, 5.41) is 14.5. The van der Waals surface area contributed by atoms with Crippen molar-refractivity contribution in [3.63, 3.8) is 0 Å². The number of fused-ring (bicyclic) bond motifs is 1. The van der Waals surface area contributed by atoms with E-state index in [9.17, 15) is 8.42 Å². The lowest BCUT2D eigenvalue weighted by atomic mass is 9.69. The van der Waals surface area contributed by atoms with Crippen LogP contribution in [0.2, 0.25) is 5.02 Å². The molecule has 0 spiro atoms. The van der Waals surface area contributed by atoms with E-state index in [2.05, 4.69) is 39.4 Å². The highest BCUT2D eigenvalue weighted by molar-refractivity contribution is 7.92. The maximum Gasteiger partial charge on any atom is 0.278 e. The van der Waals surface area contributed by atoms with Gasteiger partial charge in [-0.3, -0.25) is 10.7 Å². The molecule has 1 aromatic heterocycles. The highest BCUT2D eigenvalue weighted by Gasteiger charge is 2.39. The molecular formula is C26H33ClN6O3S+2. The third-order valence-electron chi connectivity index (χ3n) is 6.87. The van der Waals surface area contributed by atoms with Gasteiger partial charge in [-0.15, -0.1) is 0 Å². The van der Waals surface area contributed by atoms with E-state index < -0.39 is 15.1 Å². The number of aromatic nitrogens is 2. The van der Waals surface area contributed by atoms with Gasteiger partial charge in [0.15, 0.2) is 15.7 Å². The molecule has 11 heteroatoms. The Hall–Kier alpha value is -3.37. The summed E-state index contributed by atoms with van der Waals surface area (Å²) in [7, 11) is -3.53. The molecule has 0 amide bonds. The normalized spacial score (nSPS) is 17.1. The first-order chi connectivity index (χ1) is 17.4. The molecule has 0 bridgehead atoms. The van der Waals surface area contributed by atoms with E-state index in [1.807, 2.05) is 12.1 Å². The minimum atomic E-state index is -3.53. The monoisotopic (exact) mass is 544 g/mol. The average Bonchev–Trinajstić information content (AvgIpc) is 2.84. The zero-order valence-corrected chi connectivity index (χ0v) is 22.8. The van der Waals surface area contributed by atoms with Crippen LogP contribution in [0.25, 0.3) is 0 Å². The van der Waals surface area contributed by atoms with Gasteiger partial charge in [0.25, 0.3) is 5.75 Å². The summed E-state index contributed by atoms with van der Waals surface area (Å²) in [6, 6.07) is 10.7. The number of rotatable bonds is 7. The summed E-state index contributed by atoms with van der Waals surface area (Å²) in [5.41, 5.74) is 8.62. The summed E-state index contributed by atoms with van der Waals surface area (Å²) in [4.78, 5) is 12.2. The van der Waals surface area contributed by atoms with E-state index in [0.717, 1.165) is 24.0 Å². The van der Waals surface area contributed by atoms with Crippen molar-refractivity contribution >= 4 is 50.9 Å². The maximum atomic E-state index is 12.8. The van der Waals surface area contributed by atoms with Gasteiger partial charge in [0, 0.05) is 11.5 Å². The van der Waals surface area contributed by atoms with Crippen LogP contribution in [-0.2, 0) is 21.7 Å². The van der Waals surface area contributed by atoms with Crippen LogP contribution in [0.3, 0.4) is 0 Å². The zero-order valence-electron chi connectivity index (χ0n) is 21.3. The first-order valence-electron chi connectivity index (χ1n) is 12.0. The van der Waals surface area contributed by atoms with Crippen LogP contribution in [0.4, 0.5) is 23.1 Å². The minimum absolute atomic E-state index is 0.167. The van der Waals surface area contributed by atoms with E-state index in [0.29, 0.717) is 17.1 Å². The summed E-state index contributed by atoms with van der Waals surface area (Å²) in [6.07, 6.45) is 4.67. The van der Waals surface area contributed by atoms with Crippen LogP contribution in [-0.4, -0.2) is 41.1 Å². The number of nitrogens with zero attached hydrogens (tertiary/aromatic N) is 2. The van der Waals surface area contributed by atoms with Gasteiger partial charge in [0.1, 0.15) is 16.8 Å². The number of para-hydroxylation sites is 1. The molecule has 1 unspecified atom stereocenters. The lowest BCUT2D eigenvalue weighted by Gasteiger charge is -2.36. The number of hydrogen-bond acceptors (Lipinski definition) is 6. The van der Waals surface area contributed by atoms with Gasteiger partial charge < -0.3 is 15.7 Å². The number of hydrogen-bond donors (Lipinski definition) is 4. The third kappa shape index (κ3) is 5.21. The van der Waals surface area contributed by atoms with Crippen molar-refractivity contribution in [2.75, 3.05) is 10.6 Å². The molecule has 0 saturated heterocycles. The Morgan fingerprint density at radius 2 is 1.95 bits per heavy atom. The van der Waals surface area contributed by atoms with E-state index >= 15 is 0 Å². The molecule has 3 aromatic rings. The second-order valence-corrected chi connectivity index (χ2v) is 12.8. The van der Waals surface area contributed by atoms with Crippen molar-refractivity contribution in [1.29, 1.82) is 0 Å². The molecule has 1 heterocycles. The Morgan fingerprint density at radius 3 is 2.65 bits per heavy atom. The summed E-state index contributed by atoms with van der Waals surface area (Å²) >= 11 is 6.36. The van der Waals surface area contributed by atoms with Gasteiger partial charge in [-0.2, -0.15) is 4.98 Å². The molecule has 1 atom stereocenters. The Kier molecular flexibility index (Phi) is 7.34. The first-order valence-corrected chi connectivity index (χ1v) is 14.0. The van der Waals surface area contributed by atoms with Gasteiger partial charge >= 0.3 is 0 Å². The van der Waals surface area contributed by atoms with E-state index in [-0.39, 0.29) is 33.1 Å². The van der Waals surface area contributed by atoms with E-state index in [1.54, 1.807) is 38.1 Å². The quantitative estimate of drug-likeness (QED) is 0.203. The van der Waals surface area contributed by atoms with Crippen molar-refractivity contribution in [3.8, 4) is 5.75 Å². The molecule has 4 rings (SSSR count). The van der Waals surface area contributed by atoms with Crippen LogP contribution >= 0.6 is 11.6 Å². The molecule has 9 nitrogen and oxygen atoms in total. The molecule has 196 valence electrons. The first kappa shape index (κ1) is 26.7. The Bertz CT molecular complexity index is 1460. The zero-order chi connectivity index (χ0) is 27.0. The van der Waals surface area contributed by atoms with Gasteiger partial charge in [-0.25, -0.2) is 13.4 Å². The average molecular weight is 545 g/mol. The highest BCUT2D eigenvalue weighted by atomic mass is 35.5. The number of sulfone groups is 1. The highest BCUT2D eigenvalue weighted by Crippen LogP contribution is 2.41. The fraction of sp³-hybridized carbons (Fsp3) is 0.346. The summed E-state index contributed by atoms with van der Waals surface area (Å²) in [6.45, 7) is 7.57. The molecule has 37 heavy (non-hydrogen) atoms. The van der Waals surface area contributed by atoms with Crippen molar-refractivity contribution in [1.82, 2.24) is 9.97 Å². The van der Waals surface area contributed by atoms with E-state index in [4.69, 9.17) is 22.4 Å². The van der Waals surface area contributed by atoms with Crippen LogP contribution in [0, 0.1) is 0 Å². The van der Waals surface area contributed by atoms with Gasteiger partial charge in [-0.05, 0) is 56.0 Å². The van der Waals surface area contributed by atoms with Crippen LogP contribution < -0.4 is 21.4 Å². The molecule has 7 N–H and O–H groups in total. The number of anilines is 4. The number of nitrogens with one attached hydrogen (secondary N) is 3. The van der Waals surface area contributed by atoms with Crippen LogP contribution in [0.15, 0.2) is 47.5 Å². The molecule has 0 saturated carbocycles. The second-order valence-electron chi connectivity index (χ2n) is 9.93. The summed E-state index contributed by atoms with van der Waals surface area (Å²) in [5.74, 6) is 0.797. The van der Waals surface area contributed by atoms with Crippen molar-refractivity contribution in [3.05, 3.63) is 58.7 Å². The van der Waals surface area contributed by atoms with Crippen molar-refractivity contribution < 1.29 is 18.5 Å². The van der Waals surface area contributed by atoms with E-state index in [1.165, 1.54) is 12.5 Å². The van der Waals surface area contributed by atoms with Gasteiger partial charge in [0.2, 0.25) is 12.3 Å². The van der Waals surface area contributed by atoms with Crippen LogP contribution in [0.5, 0.6) is 5.75 Å². The van der Waals surface area contributed by atoms with Gasteiger partial charge in [0.05, 0.1) is 22.0 Å². The maximum absolute atomic E-state index is 12.8. The third-order valence-corrected chi connectivity index (χ3v) is 9.35. The lowest BCUT2D eigenvalue weighted by molar-refractivity contribution is -0.514. The van der Waals surface area contributed by atoms with Gasteiger partial charge in [-0.1, -0.05) is 37.6 Å². The Labute approximate surface area is 222 Å². The second kappa shape index (κ2) is 10.2. The Morgan fingerprint density at radius 1 is 1.22 bits per heavy atom. The smallest absolute Gasteiger partial charge is 0.278 e. The lowest BCUT2D eigenvalue weighted by Crippen LogP contribution is -2.83.